The number of anilines is 1. The fraction of sp³-hybridized carbons (Fsp3) is 0.304. The van der Waals surface area contributed by atoms with Gasteiger partial charge in [0.2, 0.25) is 5.91 Å². The van der Waals surface area contributed by atoms with Crippen LogP contribution in [0.2, 0.25) is 5.02 Å². The molecule has 1 aliphatic heterocycles. The molecule has 1 N–H and O–H groups in total. The highest BCUT2D eigenvalue weighted by Crippen LogP contribution is 2.42. The Morgan fingerprint density at radius 1 is 1.14 bits per heavy atom. The van der Waals surface area contributed by atoms with Gasteiger partial charge in [0.25, 0.3) is 5.91 Å². The average molecular weight is 427 g/mol. The molecule has 150 valence electrons. The van der Waals surface area contributed by atoms with Crippen molar-refractivity contribution >= 4 is 46.9 Å². The summed E-state index contributed by atoms with van der Waals surface area (Å²) in [6.45, 7) is 0.0276. The van der Waals surface area contributed by atoms with Crippen molar-refractivity contribution in [3.63, 3.8) is 0 Å². The smallest absolute Gasteiger partial charge is 0.265 e. The fourth-order valence-electron chi connectivity index (χ4n) is 3.83. The van der Waals surface area contributed by atoms with Crippen LogP contribution in [0.5, 0.6) is 0 Å². The van der Waals surface area contributed by atoms with Gasteiger partial charge in [-0.25, -0.2) is 0 Å². The van der Waals surface area contributed by atoms with Gasteiger partial charge >= 0.3 is 0 Å². The number of nitrogens with zero attached hydrogens (tertiary/aromatic N) is 1. The molecule has 0 aromatic heterocycles. The molecule has 2 amide bonds. The average Bonchev–Trinajstić information content (AvgIpc) is 2.72. The molecule has 1 aliphatic carbocycles. The van der Waals surface area contributed by atoms with Crippen LogP contribution in [0.1, 0.15) is 37.7 Å². The number of carbonyl (C=O) groups is 2. The zero-order valence-electron chi connectivity index (χ0n) is 16.1. The number of carbonyl (C=O) groups excluding carboxylic acids is 2. The van der Waals surface area contributed by atoms with Crippen LogP contribution < -0.4 is 10.2 Å². The minimum atomic E-state index is -0.160. The Balaban J connectivity index is 1.58. The second-order valence-electron chi connectivity index (χ2n) is 7.43. The van der Waals surface area contributed by atoms with Crippen LogP contribution in [0.4, 0.5) is 5.69 Å². The summed E-state index contributed by atoms with van der Waals surface area (Å²) in [6, 6.07) is 15.3. The number of hydrogen-bond acceptors (Lipinski definition) is 3. The molecule has 6 heteroatoms. The van der Waals surface area contributed by atoms with E-state index in [0.29, 0.717) is 9.93 Å². The van der Waals surface area contributed by atoms with Gasteiger partial charge in [0.05, 0.1) is 10.6 Å². The third-order valence-electron chi connectivity index (χ3n) is 5.25. The van der Waals surface area contributed by atoms with Crippen molar-refractivity contribution in [1.82, 2.24) is 5.32 Å². The lowest BCUT2D eigenvalue weighted by atomic mass is 9.95. The fourth-order valence-corrected chi connectivity index (χ4v) is 5.09. The Hall–Kier alpha value is -2.24. The van der Waals surface area contributed by atoms with Gasteiger partial charge in [-0.3, -0.25) is 14.5 Å². The van der Waals surface area contributed by atoms with Crippen molar-refractivity contribution in [3.05, 3.63) is 64.0 Å². The Bertz CT molecular complexity index is 953. The number of halogens is 1. The maximum absolute atomic E-state index is 13.2. The second-order valence-corrected chi connectivity index (χ2v) is 8.95. The second kappa shape index (κ2) is 9.06. The Labute approximate surface area is 180 Å². The molecule has 2 aliphatic rings. The molecule has 2 aromatic carbocycles. The molecule has 0 radical (unpaired) electrons. The third-order valence-corrected chi connectivity index (χ3v) is 6.56. The zero-order chi connectivity index (χ0) is 20.2. The Morgan fingerprint density at radius 2 is 1.93 bits per heavy atom. The van der Waals surface area contributed by atoms with Crippen molar-refractivity contribution in [2.45, 2.75) is 43.0 Å². The van der Waals surface area contributed by atoms with Crippen LogP contribution in [0, 0.1) is 0 Å². The summed E-state index contributed by atoms with van der Waals surface area (Å²) in [5.41, 5.74) is 1.64. The number of benzene rings is 2. The third kappa shape index (κ3) is 4.85. The van der Waals surface area contributed by atoms with Crippen molar-refractivity contribution in [2.75, 3.05) is 11.4 Å². The van der Waals surface area contributed by atoms with Gasteiger partial charge in [0.15, 0.2) is 0 Å². The van der Waals surface area contributed by atoms with Gasteiger partial charge in [0, 0.05) is 16.0 Å². The van der Waals surface area contributed by atoms with E-state index in [1.165, 1.54) is 18.2 Å². The SMILES string of the molecule is O=C(CN1C(=O)/C(=C\c2cccc(Cl)c2)Sc2ccccc21)NC1CCCCC1. The minimum absolute atomic E-state index is 0.0276. The summed E-state index contributed by atoms with van der Waals surface area (Å²) in [5.74, 6) is -0.262. The summed E-state index contributed by atoms with van der Waals surface area (Å²) >= 11 is 7.51. The summed E-state index contributed by atoms with van der Waals surface area (Å²) in [6.07, 6.45) is 7.41. The highest BCUT2D eigenvalue weighted by Gasteiger charge is 2.31. The van der Waals surface area contributed by atoms with Crippen LogP contribution in [0.25, 0.3) is 6.08 Å². The van der Waals surface area contributed by atoms with E-state index in [9.17, 15) is 9.59 Å². The molecule has 1 fully saturated rings. The zero-order valence-corrected chi connectivity index (χ0v) is 17.6. The van der Waals surface area contributed by atoms with Gasteiger partial charge in [-0.05, 0) is 48.7 Å². The number of rotatable bonds is 4. The molecule has 0 unspecified atom stereocenters. The van der Waals surface area contributed by atoms with Gasteiger partial charge in [-0.2, -0.15) is 0 Å². The largest absolute Gasteiger partial charge is 0.352 e. The van der Waals surface area contributed by atoms with Crippen molar-refractivity contribution < 1.29 is 9.59 Å². The molecule has 0 saturated heterocycles. The standard InChI is InChI=1S/C23H23ClN2O2S/c24-17-8-6-7-16(13-17)14-21-23(28)26(19-11-4-5-12-20(19)29-21)15-22(27)25-18-9-2-1-3-10-18/h4-8,11-14,18H,1-3,9-10,15H2,(H,25,27)/b21-14+. The van der Waals surface area contributed by atoms with Crippen LogP contribution in [0.3, 0.4) is 0 Å². The Morgan fingerprint density at radius 3 is 2.72 bits per heavy atom. The van der Waals surface area contributed by atoms with E-state index in [1.54, 1.807) is 11.0 Å². The summed E-state index contributed by atoms with van der Waals surface area (Å²) in [4.78, 5) is 29.1. The van der Waals surface area contributed by atoms with E-state index in [0.717, 1.165) is 41.8 Å². The first-order valence-corrected chi connectivity index (χ1v) is 11.1. The molecule has 2 aromatic rings. The lowest BCUT2D eigenvalue weighted by molar-refractivity contribution is -0.123. The molecular formula is C23H23ClN2O2S. The minimum Gasteiger partial charge on any atom is -0.352 e. The first-order valence-electron chi connectivity index (χ1n) is 9.95. The van der Waals surface area contributed by atoms with E-state index in [-0.39, 0.29) is 24.4 Å². The predicted molar refractivity (Wildman–Crippen MR) is 119 cm³/mol. The number of hydrogen-bond donors (Lipinski definition) is 1. The molecule has 1 saturated carbocycles. The number of nitrogens with one attached hydrogen (secondary N) is 1. The van der Waals surface area contributed by atoms with Gasteiger partial charge in [-0.15, -0.1) is 0 Å². The molecular weight excluding hydrogens is 404 g/mol. The quantitative estimate of drug-likeness (QED) is 0.677. The summed E-state index contributed by atoms with van der Waals surface area (Å²) in [7, 11) is 0. The van der Waals surface area contributed by atoms with Crippen LogP contribution in [0.15, 0.2) is 58.3 Å². The number of thioether (sulfide) groups is 1. The number of amides is 2. The van der Waals surface area contributed by atoms with E-state index in [4.69, 9.17) is 11.6 Å². The molecule has 0 spiro atoms. The first kappa shape index (κ1) is 20.0. The Kier molecular flexibility index (Phi) is 6.26. The van der Waals surface area contributed by atoms with Crippen molar-refractivity contribution in [2.24, 2.45) is 0 Å². The van der Waals surface area contributed by atoms with Crippen LogP contribution in [-0.4, -0.2) is 24.4 Å². The lowest BCUT2D eigenvalue weighted by Gasteiger charge is -2.31. The highest BCUT2D eigenvalue weighted by atomic mass is 35.5. The number of para-hydroxylation sites is 1. The molecule has 0 bridgehead atoms. The van der Waals surface area contributed by atoms with E-state index in [2.05, 4.69) is 5.32 Å². The molecule has 0 atom stereocenters. The first-order chi connectivity index (χ1) is 14.1. The topological polar surface area (TPSA) is 49.4 Å². The van der Waals surface area contributed by atoms with Crippen LogP contribution in [-0.2, 0) is 9.59 Å². The lowest BCUT2D eigenvalue weighted by Crippen LogP contribution is -2.46. The summed E-state index contributed by atoms with van der Waals surface area (Å²) in [5, 5.41) is 3.73. The monoisotopic (exact) mass is 426 g/mol. The van der Waals surface area contributed by atoms with E-state index >= 15 is 0 Å². The maximum atomic E-state index is 13.2. The van der Waals surface area contributed by atoms with E-state index in [1.807, 2.05) is 48.5 Å². The molecule has 4 rings (SSSR count). The van der Waals surface area contributed by atoms with E-state index < -0.39 is 0 Å². The molecule has 4 nitrogen and oxygen atoms in total. The van der Waals surface area contributed by atoms with Gasteiger partial charge in [0.1, 0.15) is 6.54 Å². The number of fused-ring (bicyclic) bond motifs is 1. The van der Waals surface area contributed by atoms with Crippen LogP contribution >= 0.6 is 23.4 Å². The molecule has 1 heterocycles. The molecule has 29 heavy (non-hydrogen) atoms. The van der Waals surface area contributed by atoms with Gasteiger partial charge < -0.3 is 5.32 Å². The predicted octanol–water partition coefficient (Wildman–Crippen LogP) is 5.27. The normalized spacial score (nSPS) is 18.6. The van der Waals surface area contributed by atoms with Crippen molar-refractivity contribution in [3.8, 4) is 0 Å². The highest BCUT2D eigenvalue weighted by molar-refractivity contribution is 8.04. The van der Waals surface area contributed by atoms with Crippen molar-refractivity contribution in [1.29, 1.82) is 0 Å². The summed E-state index contributed by atoms with van der Waals surface area (Å²) < 4.78 is 0. The van der Waals surface area contributed by atoms with Gasteiger partial charge in [-0.1, -0.05) is 66.9 Å². The maximum Gasteiger partial charge on any atom is 0.265 e.